The van der Waals surface area contributed by atoms with Gasteiger partial charge < -0.3 is 14.9 Å². The van der Waals surface area contributed by atoms with Crippen LogP contribution in [-0.2, 0) is 0 Å². The van der Waals surface area contributed by atoms with E-state index < -0.39 is 0 Å². The quantitative estimate of drug-likeness (QED) is 0.780. The Balaban J connectivity index is 1.98. The van der Waals surface area contributed by atoms with E-state index in [1.807, 2.05) is 48.5 Å². The minimum absolute atomic E-state index is 0.276. The van der Waals surface area contributed by atoms with Crippen LogP contribution in [0.1, 0.15) is 17.4 Å². The Morgan fingerprint density at radius 3 is 2.55 bits per heavy atom. The summed E-state index contributed by atoms with van der Waals surface area (Å²) in [5.41, 5.74) is 8.06. The second-order valence-corrected chi connectivity index (χ2v) is 5.50. The van der Waals surface area contributed by atoms with Gasteiger partial charge in [-0.05, 0) is 35.9 Å². The summed E-state index contributed by atoms with van der Waals surface area (Å²) in [6.07, 6.45) is 0. The van der Waals surface area contributed by atoms with E-state index in [1.165, 1.54) is 0 Å². The predicted octanol–water partition coefficient (Wildman–Crippen LogP) is 4.25. The van der Waals surface area contributed by atoms with Crippen LogP contribution < -0.4 is 10.5 Å². The summed E-state index contributed by atoms with van der Waals surface area (Å²) in [6, 6.07) is 15.4. The highest BCUT2D eigenvalue weighted by atomic mass is 79.9. The van der Waals surface area contributed by atoms with Gasteiger partial charge >= 0.3 is 0 Å². The van der Waals surface area contributed by atoms with E-state index in [-0.39, 0.29) is 6.04 Å². The van der Waals surface area contributed by atoms with Crippen molar-refractivity contribution >= 4 is 26.9 Å². The minimum Gasteiger partial charge on any atom is -0.497 e. The Bertz CT molecular complexity index is 734. The van der Waals surface area contributed by atoms with Gasteiger partial charge in [-0.15, -0.1) is 0 Å². The smallest absolute Gasteiger partial charge is 0.138 e. The molecule has 3 aromatic rings. The van der Waals surface area contributed by atoms with E-state index in [1.54, 1.807) is 7.11 Å². The van der Waals surface area contributed by atoms with Crippen LogP contribution in [0.3, 0.4) is 0 Å². The summed E-state index contributed by atoms with van der Waals surface area (Å²) < 4.78 is 12.1. The van der Waals surface area contributed by atoms with Crippen molar-refractivity contribution in [1.82, 2.24) is 0 Å². The van der Waals surface area contributed by atoms with Crippen molar-refractivity contribution in [3.05, 3.63) is 64.3 Å². The van der Waals surface area contributed by atoms with Crippen molar-refractivity contribution in [2.45, 2.75) is 6.04 Å². The number of fused-ring (bicyclic) bond motifs is 1. The first-order chi connectivity index (χ1) is 9.67. The van der Waals surface area contributed by atoms with Crippen molar-refractivity contribution in [1.29, 1.82) is 0 Å². The number of methoxy groups -OCH3 is 1. The van der Waals surface area contributed by atoms with E-state index in [0.717, 1.165) is 32.5 Å². The molecule has 2 N–H and O–H groups in total. The summed E-state index contributed by atoms with van der Waals surface area (Å²) in [6.45, 7) is 0. The number of hydrogen-bond acceptors (Lipinski definition) is 3. The lowest BCUT2D eigenvalue weighted by Crippen LogP contribution is -2.10. The van der Waals surface area contributed by atoms with Crippen molar-refractivity contribution in [3.63, 3.8) is 0 Å². The summed E-state index contributed by atoms with van der Waals surface area (Å²) in [4.78, 5) is 0. The molecular formula is C16H14BrNO2. The van der Waals surface area contributed by atoms with E-state index in [0.29, 0.717) is 0 Å². The molecule has 0 aliphatic rings. The van der Waals surface area contributed by atoms with Crippen LogP contribution in [-0.4, -0.2) is 7.11 Å². The molecule has 4 heteroatoms. The molecule has 3 rings (SSSR count). The molecule has 102 valence electrons. The maximum Gasteiger partial charge on any atom is 0.138 e. The lowest BCUT2D eigenvalue weighted by molar-refractivity contribution is 0.414. The van der Waals surface area contributed by atoms with Gasteiger partial charge in [-0.1, -0.05) is 28.1 Å². The maximum absolute atomic E-state index is 6.26. The van der Waals surface area contributed by atoms with E-state index in [9.17, 15) is 0 Å². The standard InChI is InChI=1S/C16H14BrNO2/c1-19-13-7-4-11-8-15(20-14(11)9-13)16(18)10-2-5-12(17)6-3-10/h2-9,16H,18H2,1H3. The molecule has 0 fully saturated rings. The molecule has 1 heterocycles. The molecule has 0 saturated heterocycles. The van der Waals surface area contributed by atoms with Crippen LogP contribution in [0.2, 0.25) is 0 Å². The van der Waals surface area contributed by atoms with Gasteiger partial charge in [0.2, 0.25) is 0 Å². The monoisotopic (exact) mass is 331 g/mol. The molecule has 0 spiro atoms. The fourth-order valence-corrected chi connectivity index (χ4v) is 2.41. The zero-order chi connectivity index (χ0) is 14.1. The average molecular weight is 332 g/mol. The molecule has 1 aromatic heterocycles. The van der Waals surface area contributed by atoms with Gasteiger partial charge in [0, 0.05) is 15.9 Å². The van der Waals surface area contributed by atoms with Crippen LogP contribution in [0.25, 0.3) is 11.0 Å². The lowest BCUT2D eigenvalue weighted by atomic mass is 10.1. The second-order valence-electron chi connectivity index (χ2n) is 4.58. The fourth-order valence-electron chi connectivity index (χ4n) is 2.15. The molecule has 2 aromatic carbocycles. The van der Waals surface area contributed by atoms with Crippen LogP contribution in [0.15, 0.2) is 57.4 Å². The first-order valence-corrected chi connectivity index (χ1v) is 7.05. The van der Waals surface area contributed by atoms with Crippen LogP contribution in [0, 0.1) is 0 Å². The lowest BCUT2D eigenvalue weighted by Gasteiger charge is -2.08. The first-order valence-electron chi connectivity index (χ1n) is 6.26. The number of rotatable bonds is 3. The number of ether oxygens (including phenoxy) is 1. The van der Waals surface area contributed by atoms with Gasteiger partial charge in [0.25, 0.3) is 0 Å². The molecule has 1 unspecified atom stereocenters. The summed E-state index contributed by atoms with van der Waals surface area (Å²) >= 11 is 3.42. The van der Waals surface area contributed by atoms with Crippen LogP contribution in [0.5, 0.6) is 5.75 Å². The number of halogens is 1. The highest BCUT2D eigenvalue weighted by Gasteiger charge is 2.14. The van der Waals surface area contributed by atoms with Crippen molar-refractivity contribution in [3.8, 4) is 5.75 Å². The van der Waals surface area contributed by atoms with E-state index in [4.69, 9.17) is 14.9 Å². The minimum atomic E-state index is -0.276. The Morgan fingerprint density at radius 2 is 1.85 bits per heavy atom. The molecule has 3 nitrogen and oxygen atoms in total. The second kappa shape index (κ2) is 5.31. The number of furan rings is 1. The molecule has 0 aliphatic carbocycles. The largest absolute Gasteiger partial charge is 0.497 e. The number of hydrogen-bond donors (Lipinski definition) is 1. The van der Waals surface area contributed by atoms with Crippen molar-refractivity contribution < 1.29 is 9.15 Å². The molecule has 0 saturated carbocycles. The first kappa shape index (κ1) is 13.2. The fraction of sp³-hybridized carbons (Fsp3) is 0.125. The topological polar surface area (TPSA) is 48.4 Å². The highest BCUT2D eigenvalue weighted by molar-refractivity contribution is 9.10. The third kappa shape index (κ3) is 2.44. The van der Waals surface area contributed by atoms with Crippen LogP contribution >= 0.6 is 15.9 Å². The molecule has 20 heavy (non-hydrogen) atoms. The highest BCUT2D eigenvalue weighted by Crippen LogP contribution is 2.29. The molecule has 0 bridgehead atoms. The third-order valence-electron chi connectivity index (χ3n) is 3.28. The number of benzene rings is 2. The molecule has 0 amide bonds. The van der Waals surface area contributed by atoms with Gasteiger partial charge in [-0.3, -0.25) is 0 Å². The molecule has 1 atom stereocenters. The maximum atomic E-state index is 6.26. The summed E-state index contributed by atoms with van der Waals surface area (Å²) in [5, 5.41) is 1.02. The van der Waals surface area contributed by atoms with Crippen LogP contribution in [0.4, 0.5) is 0 Å². The zero-order valence-electron chi connectivity index (χ0n) is 11.0. The van der Waals surface area contributed by atoms with Gasteiger partial charge in [0.15, 0.2) is 0 Å². The molecular weight excluding hydrogens is 318 g/mol. The predicted molar refractivity (Wildman–Crippen MR) is 82.9 cm³/mol. The molecule has 0 radical (unpaired) electrons. The normalized spacial score (nSPS) is 12.6. The SMILES string of the molecule is COc1ccc2cc(C(N)c3ccc(Br)cc3)oc2c1. The number of nitrogens with two attached hydrogens (primary N) is 1. The van der Waals surface area contributed by atoms with Gasteiger partial charge in [-0.25, -0.2) is 0 Å². The zero-order valence-corrected chi connectivity index (χ0v) is 12.6. The Morgan fingerprint density at radius 1 is 1.10 bits per heavy atom. The molecule has 0 aliphatic heterocycles. The average Bonchev–Trinajstić information content (AvgIpc) is 2.90. The Kier molecular flexibility index (Phi) is 3.51. The van der Waals surface area contributed by atoms with Crippen molar-refractivity contribution in [2.24, 2.45) is 5.73 Å². The van der Waals surface area contributed by atoms with E-state index in [2.05, 4.69) is 15.9 Å². The summed E-state index contributed by atoms with van der Waals surface area (Å²) in [5.74, 6) is 1.52. The van der Waals surface area contributed by atoms with E-state index >= 15 is 0 Å². The Hall–Kier alpha value is -1.78. The van der Waals surface area contributed by atoms with Gasteiger partial charge in [0.1, 0.15) is 17.1 Å². The van der Waals surface area contributed by atoms with Gasteiger partial charge in [0.05, 0.1) is 13.2 Å². The summed E-state index contributed by atoms with van der Waals surface area (Å²) in [7, 11) is 1.64. The van der Waals surface area contributed by atoms with Gasteiger partial charge in [-0.2, -0.15) is 0 Å². The Labute approximate surface area is 125 Å². The van der Waals surface area contributed by atoms with Crippen molar-refractivity contribution in [2.75, 3.05) is 7.11 Å². The third-order valence-corrected chi connectivity index (χ3v) is 3.81.